The highest BCUT2D eigenvalue weighted by Gasteiger charge is 2.25. The summed E-state index contributed by atoms with van der Waals surface area (Å²) in [4.78, 5) is 14.9. The van der Waals surface area contributed by atoms with E-state index < -0.39 is 0 Å². The quantitative estimate of drug-likeness (QED) is 0.580. The smallest absolute Gasteiger partial charge is 0.290 e. The van der Waals surface area contributed by atoms with Crippen LogP contribution in [0.1, 0.15) is 46.1 Å². The van der Waals surface area contributed by atoms with Crippen molar-refractivity contribution < 1.29 is 14.1 Å². The van der Waals surface area contributed by atoms with E-state index in [1.54, 1.807) is 13.2 Å². The van der Waals surface area contributed by atoms with Crippen LogP contribution in [0.2, 0.25) is 5.02 Å². The monoisotopic (exact) mass is 439 g/mol. The Kier molecular flexibility index (Phi) is 6.89. The zero-order valence-electron chi connectivity index (χ0n) is 17.5. The van der Waals surface area contributed by atoms with Crippen LogP contribution in [0.25, 0.3) is 0 Å². The van der Waals surface area contributed by atoms with Crippen LogP contribution in [-0.2, 0) is 13.1 Å². The van der Waals surface area contributed by atoms with E-state index in [1.807, 2.05) is 36.4 Å². The summed E-state index contributed by atoms with van der Waals surface area (Å²) in [5.41, 5.74) is 3.03. The highest BCUT2D eigenvalue weighted by Crippen LogP contribution is 2.28. The van der Waals surface area contributed by atoms with Crippen molar-refractivity contribution in [2.75, 3.05) is 20.2 Å². The third-order valence-corrected chi connectivity index (χ3v) is 5.83. The Bertz CT molecular complexity index is 1020. The normalized spacial score (nSPS) is 16.8. The number of piperidine rings is 1. The summed E-state index contributed by atoms with van der Waals surface area (Å²) in [7, 11) is 1.62. The highest BCUT2D eigenvalue weighted by atomic mass is 35.5. The lowest BCUT2D eigenvalue weighted by Crippen LogP contribution is -2.34. The topological polar surface area (TPSA) is 67.6 Å². The van der Waals surface area contributed by atoms with Gasteiger partial charge in [0.25, 0.3) is 5.91 Å². The fourth-order valence-electron chi connectivity index (χ4n) is 3.93. The van der Waals surface area contributed by atoms with Crippen molar-refractivity contribution in [2.24, 2.45) is 0 Å². The molecule has 31 heavy (non-hydrogen) atoms. The van der Waals surface area contributed by atoms with Crippen molar-refractivity contribution in [3.8, 4) is 5.75 Å². The Morgan fingerprint density at radius 1 is 1.23 bits per heavy atom. The van der Waals surface area contributed by atoms with Crippen molar-refractivity contribution >= 4 is 17.5 Å². The molecule has 0 saturated carbocycles. The lowest BCUT2D eigenvalue weighted by Gasteiger charge is -2.31. The van der Waals surface area contributed by atoms with E-state index in [1.165, 1.54) is 5.56 Å². The molecule has 1 fully saturated rings. The van der Waals surface area contributed by atoms with Gasteiger partial charge in [0.1, 0.15) is 5.75 Å². The average molecular weight is 440 g/mol. The van der Waals surface area contributed by atoms with Crippen molar-refractivity contribution in [1.29, 1.82) is 0 Å². The van der Waals surface area contributed by atoms with Gasteiger partial charge in [0.15, 0.2) is 0 Å². The molecule has 3 aromatic rings. The van der Waals surface area contributed by atoms with Gasteiger partial charge in [-0.05, 0) is 54.8 Å². The maximum Gasteiger partial charge on any atom is 0.290 e. The third kappa shape index (κ3) is 5.66. The number of ether oxygens (including phenoxy) is 1. The van der Waals surface area contributed by atoms with E-state index in [2.05, 4.69) is 27.5 Å². The molecular weight excluding hydrogens is 414 g/mol. The Labute approximate surface area is 187 Å². The molecule has 1 aliphatic heterocycles. The van der Waals surface area contributed by atoms with E-state index in [0.717, 1.165) is 54.5 Å². The second kappa shape index (κ2) is 9.98. The number of hydrogen-bond donors (Lipinski definition) is 1. The number of hydrogen-bond acceptors (Lipinski definition) is 5. The molecule has 1 aliphatic rings. The number of carbonyl (C=O) groups excluding carboxylic acids is 1. The Balaban J connectivity index is 1.33. The largest absolute Gasteiger partial charge is 0.497 e. The number of nitrogens with one attached hydrogen (secondary N) is 1. The van der Waals surface area contributed by atoms with E-state index >= 15 is 0 Å². The summed E-state index contributed by atoms with van der Waals surface area (Å²) in [5.74, 6) is 0.988. The fourth-order valence-corrected chi connectivity index (χ4v) is 4.05. The second-order valence-corrected chi connectivity index (χ2v) is 8.29. The molecule has 1 unspecified atom stereocenters. The molecule has 0 radical (unpaired) electrons. The van der Waals surface area contributed by atoms with E-state index in [9.17, 15) is 4.79 Å². The van der Waals surface area contributed by atoms with Gasteiger partial charge in [-0.25, -0.2) is 0 Å². The van der Waals surface area contributed by atoms with Crippen LogP contribution in [0.15, 0.2) is 59.1 Å². The summed E-state index contributed by atoms with van der Waals surface area (Å²) in [5, 5.41) is 7.83. The maximum atomic E-state index is 12.5. The molecule has 7 heteroatoms. The summed E-state index contributed by atoms with van der Waals surface area (Å²) in [6.07, 6.45) is 2.12. The molecule has 0 bridgehead atoms. The molecule has 1 saturated heterocycles. The maximum absolute atomic E-state index is 12.5. The van der Waals surface area contributed by atoms with Crippen molar-refractivity contribution in [3.05, 3.63) is 82.2 Å². The highest BCUT2D eigenvalue weighted by molar-refractivity contribution is 6.30. The van der Waals surface area contributed by atoms with Crippen LogP contribution in [0.5, 0.6) is 5.75 Å². The zero-order chi connectivity index (χ0) is 21.6. The Morgan fingerprint density at radius 3 is 2.87 bits per heavy atom. The molecule has 2 heterocycles. The number of nitrogens with zero attached hydrogens (tertiary/aromatic N) is 2. The predicted molar refractivity (Wildman–Crippen MR) is 119 cm³/mol. The van der Waals surface area contributed by atoms with Gasteiger partial charge >= 0.3 is 0 Å². The van der Waals surface area contributed by atoms with Gasteiger partial charge in [0.2, 0.25) is 5.76 Å². The summed E-state index contributed by atoms with van der Waals surface area (Å²) < 4.78 is 10.6. The summed E-state index contributed by atoms with van der Waals surface area (Å²) in [6.45, 7) is 3.20. The summed E-state index contributed by atoms with van der Waals surface area (Å²) in [6, 6.07) is 17.3. The van der Waals surface area contributed by atoms with Gasteiger partial charge in [-0.2, -0.15) is 0 Å². The van der Waals surface area contributed by atoms with Crippen LogP contribution in [0.3, 0.4) is 0 Å². The van der Waals surface area contributed by atoms with Crippen LogP contribution in [-0.4, -0.2) is 36.2 Å². The molecule has 0 spiro atoms. The van der Waals surface area contributed by atoms with Crippen LogP contribution in [0, 0.1) is 0 Å². The molecule has 162 valence electrons. The van der Waals surface area contributed by atoms with Gasteiger partial charge < -0.3 is 14.6 Å². The summed E-state index contributed by atoms with van der Waals surface area (Å²) >= 11 is 5.99. The average Bonchev–Trinajstić information content (AvgIpc) is 3.30. The minimum absolute atomic E-state index is 0.243. The minimum Gasteiger partial charge on any atom is -0.497 e. The van der Waals surface area contributed by atoms with Gasteiger partial charge in [-0.15, -0.1) is 0 Å². The lowest BCUT2D eigenvalue weighted by atomic mass is 9.94. The number of amides is 1. The number of carbonyl (C=O) groups is 1. The molecule has 2 aromatic carbocycles. The van der Waals surface area contributed by atoms with E-state index in [0.29, 0.717) is 6.54 Å². The molecule has 1 aromatic heterocycles. The molecule has 1 amide bonds. The molecule has 0 aliphatic carbocycles. The SMILES string of the molecule is COc1cccc(CNC(=O)c2cc(C3CCCN(Cc4ccc(Cl)cc4)C3)no2)c1. The second-order valence-electron chi connectivity index (χ2n) is 7.85. The molecule has 1 atom stereocenters. The number of benzene rings is 2. The van der Waals surface area contributed by atoms with Crippen molar-refractivity contribution in [2.45, 2.75) is 31.8 Å². The van der Waals surface area contributed by atoms with E-state index in [4.69, 9.17) is 20.9 Å². The van der Waals surface area contributed by atoms with Gasteiger partial charge in [0, 0.05) is 36.6 Å². The van der Waals surface area contributed by atoms with Crippen LogP contribution in [0.4, 0.5) is 0 Å². The first-order valence-corrected chi connectivity index (χ1v) is 10.8. The van der Waals surface area contributed by atoms with Gasteiger partial charge in [0.05, 0.1) is 12.8 Å². The molecular formula is C24H26ClN3O3. The number of halogens is 1. The predicted octanol–water partition coefficient (Wildman–Crippen LogP) is 4.65. The lowest BCUT2D eigenvalue weighted by molar-refractivity contribution is 0.0913. The first kappa shape index (κ1) is 21.4. The fraction of sp³-hybridized carbons (Fsp3) is 0.333. The molecule has 6 nitrogen and oxygen atoms in total. The number of likely N-dealkylation sites (tertiary alicyclic amines) is 1. The zero-order valence-corrected chi connectivity index (χ0v) is 18.3. The number of methoxy groups -OCH3 is 1. The van der Waals surface area contributed by atoms with Gasteiger partial charge in [-0.3, -0.25) is 9.69 Å². The van der Waals surface area contributed by atoms with Crippen molar-refractivity contribution in [3.63, 3.8) is 0 Å². The van der Waals surface area contributed by atoms with E-state index in [-0.39, 0.29) is 17.6 Å². The Hall–Kier alpha value is -2.83. The Morgan fingerprint density at radius 2 is 2.06 bits per heavy atom. The molecule has 4 rings (SSSR count). The first-order chi connectivity index (χ1) is 15.1. The number of rotatable bonds is 7. The van der Waals surface area contributed by atoms with Crippen LogP contribution < -0.4 is 10.1 Å². The van der Waals surface area contributed by atoms with Crippen molar-refractivity contribution in [1.82, 2.24) is 15.4 Å². The minimum atomic E-state index is -0.268. The first-order valence-electron chi connectivity index (χ1n) is 10.5. The molecule has 1 N–H and O–H groups in total. The van der Waals surface area contributed by atoms with Gasteiger partial charge in [-0.1, -0.05) is 41.0 Å². The number of aromatic nitrogens is 1. The standard InChI is InChI=1S/C24H26ClN3O3/c1-30-21-6-2-4-18(12-21)14-26-24(29)23-13-22(27-31-23)19-5-3-11-28(16-19)15-17-7-9-20(25)10-8-17/h2,4,6-10,12-13,19H,3,5,11,14-16H2,1H3,(H,26,29). The van der Waals surface area contributed by atoms with Crippen LogP contribution >= 0.6 is 11.6 Å². The third-order valence-electron chi connectivity index (χ3n) is 5.58.